The Morgan fingerprint density at radius 3 is 0.667 bits per heavy atom. The molecule has 0 aliphatic rings. The maximum atomic E-state index is 8.63. The molecule has 0 saturated heterocycles. The van der Waals surface area contributed by atoms with E-state index in [1.165, 1.54) is 0 Å². The quantitative estimate of drug-likeness (QED) is 0.381. The molecule has 0 spiro atoms. The monoisotopic (exact) mass is 372 g/mol. The van der Waals surface area contributed by atoms with Crippen LogP contribution < -0.4 is 74.2 Å². The summed E-state index contributed by atoms with van der Waals surface area (Å²) < 4.78 is 69.0. The van der Waals surface area contributed by atoms with Gasteiger partial charge in [-0.1, -0.05) is 0 Å². The molecule has 0 aromatic heterocycles. The van der Waals surface area contributed by atoms with Gasteiger partial charge in [-0.15, -0.1) is 0 Å². The van der Waals surface area contributed by atoms with Gasteiger partial charge in [-0.25, -0.2) is 0 Å². The maximum absolute atomic E-state index is 8.63. The van der Waals surface area contributed by atoms with Crippen molar-refractivity contribution in [3.63, 3.8) is 0 Å². The van der Waals surface area contributed by atoms with E-state index in [4.69, 9.17) is 28.6 Å². The molecule has 64 valence electrons. The fourth-order valence-electron chi connectivity index (χ4n) is 0. The van der Waals surface area contributed by atoms with Crippen LogP contribution >= 0.6 is 0 Å². The van der Waals surface area contributed by atoms with Gasteiger partial charge in [0.25, 0.3) is 0 Å². The fourth-order valence-corrected chi connectivity index (χ4v) is 0. The first-order chi connectivity index (χ1) is 4.00. The minimum absolute atomic E-state index is 0. The second kappa shape index (κ2) is 9.95. The van der Waals surface area contributed by atoms with E-state index < -0.39 is 33.5 Å². The third-order valence-electron chi connectivity index (χ3n) is 0. The van der Waals surface area contributed by atoms with Crippen LogP contribution in [0, 0.1) is 0 Å². The van der Waals surface area contributed by atoms with Gasteiger partial charge in [0, 0.05) is 0 Å². The van der Waals surface area contributed by atoms with Crippen LogP contribution in [0.5, 0.6) is 0 Å². The van der Waals surface area contributed by atoms with Crippen LogP contribution in [-0.2, 0) is 47.1 Å². The zero-order valence-corrected chi connectivity index (χ0v) is 14.1. The summed E-state index contributed by atoms with van der Waals surface area (Å²) in [5, 5.41) is 0. The Balaban J connectivity index is -0.0000000178. The standard InChI is InChI=1S/2Mo.2Na.8O/q;;2*+1;;;;;4*-1/p+2. The van der Waals surface area contributed by atoms with Crippen molar-refractivity contribution in [3.8, 4) is 0 Å². The van der Waals surface area contributed by atoms with Gasteiger partial charge in [-0.05, 0) is 0 Å². The summed E-state index contributed by atoms with van der Waals surface area (Å²) >= 11 is -12.0. The van der Waals surface area contributed by atoms with Gasteiger partial charge < -0.3 is 0 Å². The molecule has 0 unspecified atom stereocenters. The van der Waals surface area contributed by atoms with Gasteiger partial charge in [0.15, 0.2) is 0 Å². The van der Waals surface area contributed by atoms with Crippen molar-refractivity contribution in [1.82, 2.24) is 0 Å². The molecule has 0 aliphatic heterocycles. The second-order valence-electron chi connectivity index (χ2n) is 0.816. The van der Waals surface area contributed by atoms with Gasteiger partial charge in [0.05, 0.1) is 0 Å². The van der Waals surface area contributed by atoms with Gasteiger partial charge in [-0.2, -0.15) is 0 Å². The Morgan fingerprint density at radius 1 is 0.667 bits per heavy atom. The Kier molecular flexibility index (Phi) is 19.8. The van der Waals surface area contributed by atoms with Crippen LogP contribution in [0.4, 0.5) is 0 Å². The molecule has 12 heavy (non-hydrogen) atoms. The molecule has 0 radical (unpaired) electrons. The van der Waals surface area contributed by atoms with E-state index in [1.54, 1.807) is 0 Å². The van der Waals surface area contributed by atoms with E-state index in [9.17, 15) is 0 Å². The summed E-state index contributed by atoms with van der Waals surface area (Å²) in [6.45, 7) is 0. The molecule has 12 heteroatoms. The normalized spacial score (nSPS) is 9.67. The van der Waals surface area contributed by atoms with E-state index in [2.05, 4.69) is 0 Å². The zero-order valence-electron chi connectivity index (χ0n) is 8.08. The number of rotatable bonds is 0. The van der Waals surface area contributed by atoms with E-state index >= 15 is 0 Å². The minimum atomic E-state index is -6.02. The van der Waals surface area contributed by atoms with E-state index in [0.29, 0.717) is 0 Å². The molecule has 0 N–H and O–H groups in total. The van der Waals surface area contributed by atoms with Crippen molar-refractivity contribution < 1.29 is 124 Å². The predicted octanol–water partition coefficient (Wildman–Crippen LogP) is -11.0. The number of hydrogen-bond donors (Lipinski definition) is 0. The summed E-state index contributed by atoms with van der Waals surface area (Å²) in [4.78, 5) is 0. The van der Waals surface area contributed by atoms with E-state index in [1.807, 2.05) is 0 Å². The average molecular weight is 368 g/mol. The van der Waals surface area contributed by atoms with Crippen molar-refractivity contribution in [2.75, 3.05) is 0 Å². The van der Waals surface area contributed by atoms with Crippen LogP contribution in [0.1, 0.15) is 2.85 Å². The van der Waals surface area contributed by atoms with E-state index in [-0.39, 0.29) is 62.0 Å². The summed E-state index contributed by atoms with van der Waals surface area (Å²) in [7, 11) is 0. The topological polar surface area (TPSA) is 161 Å². The summed E-state index contributed by atoms with van der Waals surface area (Å²) in [6.07, 6.45) is 0. The Morgan fingerprint density at radius 2 is 0.667 bits per heavy atom. The molecular weight excluding hydrogens is 366 g/mol. The molecule has 0 bridgehead atoms. The van der Waals surface area contributed by atoms with Crippen molar-refractivity contribution >= 4 is 0 Å². The third kappa shape index (κ3) is 277. The van der Waals surface area contributed by atoms with Gasteiger partial charge >= 0.3 is 124 Å². The first-order valence-electron chi connectivity index (χ1n) is 1.33. The number of hydrogen-bond acceptors (Lipinski definition) is 8. The first-order valence-corrected chi connectivity index (χ1v) is 7.89. The molecule has 0 atom stereocenters. The molecule has 0 aromatic carbocycles. The molecule has 0 fully saturated rings. The molecule has 0 aliphatic carbocycles. The van der Waals surface area contributed by atoms with Crippen molar-refractivity contribution in [3.05, 3.63) is 0 Å². The van der Waals surface area contributed by atoms with Crippen molar-refractivity contribution in [2.45, 2.75) is 0 Å². The molecule has 0 heterocycles. The molecular formula is H2Mo2Na2O8. The molecule has 0 rings (SSSR count). The van der Waals surface area contributed by atoms with Crippen LogP contribution in [0.2, 0.25) is 0 Å². The van der Waals surface area contributed by atoms with Gasteiger partial charge in [-0.3, -0.25) is 0 Å². The third-order valence-corrected chi connectivity index (χ3v) is 0. The van der Waals surface area contributed by atoms with Crippen LogP contribution in [0.3, 0.4) is 0 Å². The molecule has 0 saturated carbocycles. The van der Waals surface area contributed by atoms with Crippen molar-refractivity contribution in [1.29, 1.82) is 0 Å². The predicted molar refractivity (Wildman–Crippen MR) is 4.97 cm³/mol. The van der Waals surface area contributed by atoms with Crippen LogP contribution in [-0.4, -0.2) is 0 Å². The van der Waals surface area contributed by atoms with Crippen molar-refractivity contribution in [2.24, 2.45) is 0 Å². The SMILES string of the molecule is [H+].[H+].[Na+].[Na+].[O]=[Mo](=[O])([O-])[O-].[O]=[Mo](=[O])([O-])[O-]. The van der Waals surface area contributed by atoms with Crippen LogP contribution in [0.15, 0.2) is 0 Å². The Hall–Kier alpha value is 2.42. The second-order valence-corrected chi connectivity index (χ2v) is 4.83. The Bertz CT molecular complexity index is 220. The summed E-state index contributed by atoms with van der Waals surface area (Å²) in [6, 6.07) is 0. The zero-order chi connectivity index (χ0) is 9.00. The van der Waals surface area contributed by atoms with Crippen LogP contribution in [0.25, 0.3) is 0 Å². The first kappa shape index (κ1) is 23.9. The van der Waals surface area contributed by atoms with Gasteiger partial charge in [0.1, 0.15) is 0 Å². The summed E-state index contributed by atoms with van der Waals surface area (Å²) in [5.74, 6) is 0. The molecule has 0 amide bonds. The van der Waals surface area contributed by atoms with E-state index in [0.717, 1.165) is 0 Å². The average Bonchev–Trinajstić information content (AvgIpc) is 1.12. The Labute approximate surface area is 122 Å². The molecule has 8 nitrogen and oxygen atoms in total. The van der Waals surface area contributed by atoms with Gasteiger partial charge in [0.2, 0.25) is 0 Å². The summed E-state index contributed by atoms with van der Waals surface area (Å²) in [5.41, 5.74) is 0. The fraction of sp³-hybridized carbons (Fsp3) is 0. The molecule has 0 aromatic rings.